The van der Waals surface area contributed by atoms with Crippen molar-refractivity contribution in [1.29, 1.82) is 0 Å². The molecule has 2 heterocycles. The first-order valence-electron chi connectivity index (χ1n) is 6.23. The van der Waals surface area contributed by atoms with Gasteiger partial charge in [0.25, 0.3) is 0 Å². The molecule has 5 nitrogen and oxygen atoms in total. The number of nitrogens with one attached hydrogen (secondary N) is 1. The average Bonchev–Trinajstić information content (AvgIpc) is 2.77. The Morgan fingerprint density at radius 2 is 2.19 bits per heavy atom. The Labute approximate surface area is 124 Å². The number of furan rings is 1. The first-order chi connectivity index (χ1) is 10.1. The minimum atomic E-state index is -0.294. The molecule has 2 aromatic heterocycles. The van der Waals surface area contributed by atoms with Gasteiger partial charge in [0.05, 0.1) is 6.54 Å². The smallest absolute Gasteiger partial charge is 0.150 e. The van der Waals surface area contributed by atoms with Gasteiger partial charge in [0.2, 0.25) is 0 Å². The predicted molar refractivity (Wildman–Crippen MR) is 79.7 cm³/mol. The van der Waals surface area contributed by atoms with Crippen molar-refractivity contribution in [1.82, 2.24) is 9.97 Å². The molecule has 0 spiro atoms. The second-order valence-electron chi connectivity index (χ2n) is 4.57. The summed E-state index contributed by atoms with van der Waals surface area (Å²) in [5.41, 5.74) is 7.12. The van der Waals surface area contributed by atoms with Gasteiger partial charge in [-0.3, -0.25) is 0 Å². The summed E-state index contributed by atoms with van der Waals surface area (Å²) in [7, 11) is 0. The van der Waals surface area contributed by atoms with Crippen LogP contribution in [0.4, 0.5) is 16.0 Å². The molecule has 0 aliphatic carbocycles. The first-order valence-corrected chi connectivity index (χ1v) is 6.61. The number of nitrogens with two attached hydrogens (primary N) is 1. The highest BCUT2D eigenvalue weighted by Gasteiger charge is 2.12. The third-order valence-electron chi connectivity index (χ3n) is 3.23. The van der Waals surface area contributed by atoms with Crippen molar-refractivity contribution < 1.29 is 8.81 Å². The molecule has 0 bridgehead atoms. The van der Waals surface area contributed by atoms with E-state index in [1.165, 1.54) is 18.5 Å². The van der Waals surface area contributed by atoms with E-state index in [2.05, 4.69) is 15.3 Å². The number of aryl methyl sites for hydroxylation is 1. The van der Waals surface area contributed by atoms with Gasteiger partial charge in [-0.05, 0) is 25.1 Å². The van der Waals surface area contributed by atoms with Crippen molar-refractivity contribution in [2.75, 3.05) is 11.1 Å². The summed E-state index contributed by atoms with van der Waals surface area (Å²) in [5.74, 6) is 1.02. The highest BCUT2D eigenvalue weighted by Crippen LogP contribution is 2.28. The van der Waals surface area contributed by atoms with Gasteiger partial charge < -0.3 is 15.5 Å². The number of benzene rings is 1. The third-order valence-corrected chi connectivity index (χ3v) is 3.60. The van der Waals surface area contributed by atoms with E-state index in [1.54, 1.807) is 6.07 Å². The molecule has 0 amide bonds. The Balaban J connectivity index is 1.88. The zero-order valence-corrected chi connectivity index (χ0v) is 11.9. The van der Waals surface area contributed by atoms with Crippen LogP contribution in [0.1, 0.15) is 11.3 Å². The Kier molecular flexibility index (Phi) is 3.39. The van der Waals surface area contributed by atoms with Crippen LogP contribution in [-0.2, 0) is 6.54 Å². The van der Waals surface area contributed by atoms with Crippen LogP contribution in [0.3, 0.4) is 0 Å². The standard InChI is InChI=1S/C14H12ClFN4O/c1-7-9-4-8(16)2-3-10(9)21-11(7)5-18-14-12(15)13(17)19-6-20-14/h2-4,6H,5H2,1H3,(H3,17,18,19,20). The maximum atomic E-state index is 13.3. The number of hydrogen-bond donors (Lipinski definition) is 2. The van der Waals surface area contributed by atoms with Crippen LogP contribution in [0.5, 0.6) is 0 Å². The van der Waals surface area contributed by atoms with E-state index in [-0.39, 0.29) is 16.7 Å². The van der Waals surface area contributed by atoms with Gasteiger partial charge in [0.15, 0.2) is 5.82 Å². The van der Waals surface area contributed by atoms with Gasteiger partial charge in [-0.2, -0.15) is 0 Å². The minimum Gasteiger partial charge on any atom is -0.459 e. The van der Waals surface area contributed by atoms with Gasteiger partial charge in [-0.25, -0.2) is 14.4 Å². The van der Waals surface area contributed by atoms with Crippen molar-refractivity contribution in [2.45, 2.75) is 13.5 Å². The molecule has 0 saturated heterocycles. The fraction of sp³-hybridized carbons (Fsp3) is 0.143. The molecular weight excluding hydrogens is 295 g/mol. The van der Waals surface area contributed by atoms with E-state index in [4.69, 9.17) is 21.8 Å². The van der Waals surface area contributed by atoms with E-state index in [1.807, 2.05) is 6.92 Å². The van der Waals surface area contributed by atoms with E-state index < -0.39 is 0 Å². The fourth-order valence-electron chi connectivity index (χ4n) is 2.08. The molecule has 0 saturated carbocycles. The van der Waals surface area contributed by atoms with Crippen LogP contribution in [0.2, 0.25) is 5.02 Å². The molecule has 1 aromatic carbocycles. The average molecular weight is 307 g/mol. The number of rotatable bonds is 3. The summed E-state index contributed by atoms with van der Waals surface area (Å²) in [6.45, 7) is 2.23. The molecule has 3 rings (SSSR count). The second kappa shape index (κ2) is 5.21. The summed E-state index contributed by atoms with van der Waals surface area (Å²) in [6, 6.07) is 4.43. The molecule has 108 valence electrons. The number of halogens is 2. The lowest BCUT2D eigenvalue weighted by Crippen LogP contribution is -2.04. The van der Waals surface area contributed by atoms with Crippen LogP contribution in [0.15, 0.2) is 28.9 Å². The van der Waals surface area contributed by atoms with Crippen LogP contribution >= 0.6 is 11.6 Å². The normalized spacial score (nSPS) is 11.0. The number of hydrogen-bond acceptors (Lipinski definition) is 5. The van der Waals surface area contributed by atoms with E-state index >= 15 is 0 Å². The van der Waals surface area contributed by atoms with Crippen molar-refractivity contribution in [2.24, 2.45) is 0 Å². The highest BCUT2D eigenvalue weighted by atomic mass is 35.5. The minimum absolute atomic E-state index is 0.206. The van der Waals surface area contributed by atoms with Crippen molar-refractivity contribution in [3.05, 3.63) is 46.7 Å². The van der Waals surface area contributed by atoms with Crippen molar-refractivity contribution >= 4 is 34.2 Å². The molecule has 0 atom stereocenters. The van der Waals surface area contributed by atoms with Gasteiger partial charge in [-0.15, -0.1) is 0 Å². The SMILES string of the molecule is Cc1c(CNc2ncnc(N)c2Cl)oc2ccc(F)cc12. The summed E-state index contributed by atoms with van der Waals surface area (Å²) < 4.78 is 19.0. The van der Waals surface area contributed by atoms with Crippen LogP contribution < -0.4 is 11.1 Å². The zero-order chi connectivity index (χ0) is 15.0. The first kappa shape index (κ1) is 13.6. The molecule has 7 heteroatoms. The number of anilines is 2. The highest BCUT2D eigenvalue weighted by molar-refractivity contribution is 6.35. The lowest BCUT2D eigenvalue weighted by Gasteiger charge is -2.06. The molecule has 3 N–H and O–H groups in total. The largest absolute Gasteiger partial charge is 0.459 e. The molecule has 0 fully saturated rings. The quantitative estimate of drug-likeness (QED) is 0.774. The Bertz CT molecular complexity index is 818. The number of fused-ring (bicyclic) bond motifs is 1. The topological polar surface area (TPSA) is 77.0 Å². The second-order valence-corrected chi connectivity index (χ2v) is 4.94. The van der Waals surface area contributed by atoms with E-state index in [0.717, 1.165) is 10.9 Å². The number of nitrogens with zero attached hydrogens (tertiary/aromatic N) is 2. The van der Waals surface area contributed by atoms with Crippen molar-refractivity contribution in [3.8, 4) is 0 Å². The molecule has 0 radical (unpaired) electrons. The van der Waals surface area contributed by atoms with Gasteiger partial charge in [0, 0.05) is 10.9 Å². The molecule has 3 aromatic rings. The lowest BCUT2D eigenvalue weighted by atomic mass is 10.1. The Hall–Kier alpha value is -2.34. The summed E-state index contributed by atoms with van der Waals surface area (Å²) in [4.78, 5) is 7.80. The fourth-order valence-corrected chi connectivity index (χ4v) is 2.25. The van der Waals surface area contributed by atoms with Crippen molar-refractivity contribution in [3.63, 3.8) is 0 Å². The number of nitrogen functional groups attached to an aromatic ring is 1. The molecular formula is C14H12ClFN4O. The maximum absolute atomic E-state index is 13.3. The Morgan fingerprint density at radius 3 is 3.00 bits per heavy atom. The van der Waals surface area contributed by atoms with Crippen LogP contribution in [0, 0.1) is 12.7 Å². The van der Waals surface area contributed by atoms with E-state index in [9.17, 15) is 4.39 Å². The summed E-state index contributed by atoms with van der Waals surface area (Å²) in [6.07, 6.45) is 1.32. The summed E-state index contributed by atoms with van der Waals surface area (Å²) >= 11 is 6.01. The molecule has 21 heavy (non-hydrogen) atoms. The van der Waals surface area contributed by atoms with Gasteiger partial charge >= 0.3 is 0 Å². The van der Waals surface area contributed by atoms with Crippen LogP contribution in [-0.4, -0.2) is 9.97 Å². The number of aromatic nitrogens is 2. The molecule has 0 aliphatic heterocycles. The lowest BCUT2D eigenvalue weighted by molar-refractivity contribution is 0.554. The molecule has 0 unspecified atom stereocenters. The maximum Gasteiger partial charge on any atom is 0.150 e. The monoisotopic (exact) mass is 306 g/mol. The zero-order valence-electron chi connectivity index (χ0n) is 11.2. The van der Waals surface area contributed by atoms with E-state index in [0.29, 0.717) is 23.7 Å². The van der Waals surface area contributed by atoms with Crippen LogP contribution in [0.25, 0.3) is 11.0 Å². The van der Waals surface area contributed by atoms with Gasteiger partial charge in [0.1, 0.15) is 34.3 Å². The Morgan fingerprint density at radius 1 is 1.38 bits per heavy atom. The van der Waals surface area contributed by atoms with Gasteiger partial charge in [-0.1, -0.05) is 11.6 Å². The molecule has 0 aliphatic rings. The predicted octanol–water partition coefficient (Wildman–Crippen LogP) is 3.52. The summed E-state index contributed by atoms with van der Waals surface area (Å²) in [5, 5.41) is 4.05. The third kappa shape index (κ3) is 2.50.